The van der Waals surface area contributed by atoms with E-state index in [4.69, 9.17) is 14.2 Å². The normalized spacial score (nSPS) is 15.3. The Bertz CT molecular complexity index is 360. The van der Waals surface area contributed by atoms with Gasteiger partial charge in [0, 0.05) is 13.7 Å². The molecule has 0 aromatic carbocycles. The molecule has 0 rings (SSSR count). The van der Waals surface area contributed by atoms with Gasteiger partial charge < -0.3 is 27.6 Å². The van der Waals surface area contributed by atoms with Gasteiger partial charge in [0.15, 0.2) is 6.10 Å². The van der Waals surface area contributed by atoms with Crippen LogP contribution < -0.4 is 18.1 Å². The number of unbranched alkanes of at least 4 members (excludes halogenated alkanes) is 15. The summed E-state index contributed by atoms with van der Waals surface area (Å²) in [6.07, 6.45) is 23.4. The van der Waals surface area contributed by atoms with Gasteiger partial charge in [-0.15, -0.1) is 0 Å². The molecule has 5 heteroatoms. The lowest BCUT2D eigenvalue weighted by molar-refractivity contribution is -0.650. The van der Waals surface area contributed by atoms with Gasteiger partial charge in [0.25, 0.3) is 0 Å². The number of ether oxygens (including phenoxy) is 3. The smallest absolute Gasteiger partial charge is 0.341 e. The molecule has 0 amide bonds. The van der Waals surface area contributed by atoms with E-state index in [0.717, 1.165) is 6.42 Å². The number of hydrogen-bond acceptors (Lipinski definition) is 3. The molecule has 0 heterocycles. The van der Waals surface area contributed by atoms with Crippen LogP contribution in [0.4, 0.5) is 0 Å². The van der Waals surface area contributed by atoms with Gasteiger partial charge in [-0.2, -0.15) is 0 Å². The first-order valence-electron chi connectivity index (χ1n) is 13.2. The largest absolute Gasteiger partial charge is 1.00 e. The van der Waals surface area contributed by atoms with Crippen molar-refractivity contribution in [2.24, 2.45) is 0 Å². The second-order valence-electron chi connectivity index (χ2n) is 9.13. The van der Waals surface area contributed by atoms with Crippen molar-refractivity contribution in [2.75, 3.05) is 13.7 Å². The number of methoxy groups -OCH3 is 1. The summed E-state index contributed by atoms with van der Waals surface area (Å²) in [5.41, 5.74) is 4.10. The van der Waals surface area contributed by atoms with Crippen molar-refractivity contribution < 1.29 is 32.4 Å². The molecule has 3 unspecified atom stereocenters. The fourth-order valence-corrected chi connectivity index (χ4v) is 4.07. The van der Waals surface area contributed by atoms with E-state index in [9.17, 15) is 0 Å². The van der Waals surface area contributed by atoms with E-state index in [2.05, 4.69) is 19.6 Å². The molecule has 0 aliphatic rings. The van der Waals surface area contributed by atoms with Gasteiger partial charge in [-0.25, -0.2) is 0 Å². The van der Waals surface area contributed by atoms with Crippen LogP contribution in [0.15, 0.2) is 0 Å². The lowest BCUT2D eigenvalue weighted by Crippen LogP contribution is -3.00. The van der Waals surface area contributed by atoms with Gasteiger partial charge >= 0.3 is 5.91 Å². The minimum absolute atomic E-state index is 0. The molecular weight excluding hydrogens is 410 g/mol. The summed E-state index contributed by atoms with van der Waals surface area (Å²) in [6.45, 7) is 8.98. The first kappa shape index (κ1) is 33.3. The first-order chi connectivity index (χ1) is 14.5. The van der Waals surface area contributed by atoms with Crippen LogP contribution in [0.5, 0.6) is 0 Å². The van der Waals surface area contributed by atoms with E-state index in [1.54, 1.807) is 7.11 Å². The summed E-state index contributed by atoms with van der Waals surface area (Å²) in [5.74, 6) is -0.912. The van der Waals surface area contributed by atoms with Crippen LogP contribution in [0.1, 0.15) is 137 Å². The van der Waals surface area contributed by atoms with Gasteiger partial charge in [0.1, 0.15) is 0 Å². The van der Waals surface area contributed by atoms with Crippen LogP contribution in [-0.2, 0) is 14.2 Å². The second-order valence-corrected chi connectivity index (χ2v) is 9.13. The van der Waals surface area contributed by atoms with Crippen LogP contribution in [0.2, 0.25) is 0 Å². The minimum atomic E-state index is -0.912. The fourth-order valence-electron chi connectivity index (χ4n) is 4.07. The molecule has 31 heavy (non-hydrogen) atoms. The van der Waals surface area contributed by atoms with Crippen molar-refractivity contribution in [1.29, 1.82) is 0 Å². The third kappa shape index (κ3) is 19.3. The molecule has 190 valence electrons. The Morgan fingerprint density at radius 1 is 0.677 bits per heavy atom. The second kappa shape index (κ2) is 23.3. The molecule has 0 bridgehead atoms. The zero-order valence-corrected chi connectivity index (χ0v) is 22.4. The molecule has 0 aromatic rings. The van der Waals surface area contributed by atoms with E-state index < -0.39 is 5.91 Å². The quantitative estimate of drug-likeness (QED) is 0.183. The Morgan fingerprint density at radius 2 is 1.06 bits per heavy atom. The average molecular weight is 466 g/mol. The van der Waals surface area contributed by atoms with Crippen molar-refractivity contribution in [2.45, 2.75) is 155 Å². The standard InChI is InChI=1S/C26H55NO3.ClH/c1-6-8-9-10-11-12-13-14-15-16-17-18-19-20-21-22-23-24(3)30-26(27,28-5)25(4)29-7-2;/h24-25H,6-23,27H2,1-5H3;1H. The maximum Gasteiger partial charge on any atom is 0.341 e. The Morgan fingerprint density at radius 3 is 1.42 bits per heavy atom. The van der Waals surface area contributed by atoms with E-state index in [-0.39, 0.29) is 24.6 Å². The highest BCUT2D eigenvalue weighted by atomic mass is 35.5. The maximum atomic E-state index is 6.07. The lowest BCUT2D eigenvalue weighted by Gasteiger charge is -2.31. The molecule has 0 saturated heterocycles. The zero-order chi connectivity index (χ0) is 22.5. The zero-order valence-electron chi connectivity index (χ0n) is 21.7. The molecular formula is C26H56ClNO3. The van der Waals surface area contributed by atoms with E-state index in [1.807, 2.05) is 13.8 Å². The Balaban J connectivity index is 0. The number of quaternary nitrogens is 1. The minimum Gasteiger partial charge on any atom is -1.00 e. The van der Waals surface area contributed by atoms with Crippen LogP contribution in [0, 0.1) is 0 Å². The van der Waals surface area contributed by atoms with Gasteiger partial charge in [-0.1, -0.05) is 110 Å². The van der Waals surface area contributed by atoms with E-state index in [0.29, 0.717) is 6.61 Å². The van der Waals surface area contributed by atoms with Crippen molar-refractivity contribution in [3.8, 4) is 0 Å². The van der Waals surface area contributed by atoms with Gasteiger partial charge in [0.2, 0.25) is 0 Å². The highest BCUT2D eigenvalue weighted by Crippen LogP contribution is 2.18. The summed E-state index contributed by atoms with van der Waals surface area (Å²) in [6, 6.07) is 0. The first-order valence-corrected chi connectivity index (χ1v) is 13.2. The Hall–Kier alpha value is 0.130. The highest BCUT2D eigenvalue weighted by molar-refractivity contribution is 4.65. The van der Waals surface area contributed by atoms with Gasteiger partial charge in [-0.3, -0.25) is 4.74 Å². The molecule has 4 nitrogen and oxygen atoms in total. The summed E-state index contributed by atoms with van der Waals surface area (Å²) in [5, 5.41) is 0. The molecule has 0 fully saturated rings. The van der Waals surface area contributed by atoms with Crippen molar-refractivity contribution in [3.63, 3.8) is 0 Å². The fraction of sp³-hybridized carbons (Fsp3) is 1.00. The van der Waals surface area contributed by atoms with Crippen LogP contribution in [-0.4, -0.2) is 31.8 Å². The maximum absolute atomic E-state index is 6.07. The monoisotopic (exact) mass is 465 g/mol. The van der Waals surface area contributed by atoms with Crippen molar-refractivity contribution in [3.05, 3.63) is 0 Å². The predicted octanol–water partition coefficient (Wildman–Crippen LogP) is 4.01. The topological polar surface area (TPSA) is 55.3 Å². The molecule has 0 aliphatic heterocycles. The molecule has 0 radical (unpaired) electrons. The molecule has 3 atom stereocenters. The number of halogens is 1. The van der Waals surface area contributed by atoms with Gasteiger partial charge in [-0.05, 0) is 27.2 Å². The number of hydrogen-bond donors (Lipinski definition) is 1. The van der Waals surface area contributed by atoms with E-state index in [1.165, 1.54) is 103 Å². The highest BCUT2D eigenvalue weighted by Gasteiger charge is 2.40. The third-order valence-electron chi connectivity index (χ3n) is 6.25. The Labute approximate surface area is 201 Å². The predicted molar refractivity (Wildman–Crippen MR) is 128 cm³/mol. The molecule has 0 saturated carbocycles. The molecule has 3 N–H and O–H groups in total. The summed E-state index contributed by atoms with van der Waals surface area (Å²) in [7, 11) is 1.64. The van der Waals surface area contributed by atoms with Gasteiger partial charge in [0.05, 0.1) is 6.10 Å². The lowest BCUT2D eigenvalue weighted by atomic mass is 10.0. The van der Waals surface area contributed by atoms with Crippen molar-refractivity contribution >= 4 is 0 Å². The van der Waals surface area contributed by atoms with E-state index >= 15 is 0 Å². The van der Waals surface area contributed by atoms with Crippen LogP contribution in [0.25, 0.3) is 0 Å². The van der Waals surface area contributed by atoms with Crippen LogP contribution in [0.3, 0.4) is 0 Å². The Kier molecular flexibility index (Phi) is 25.0. The summed E-state index contributed by atoms with van der Waals surface area (Å²) in [4.78, 5) is 0. The van der Waals surface area contributed by atoms with Crippen LogP contribution >= 0.6 is 0 Å². The summed E-state index contributed by atoms with van der Waals surface area (Å²) < 4.78 is 17.2. The molecule has 0 aliphatic carbocycles. The average Bonchev–Trinajstić information content (AvgIpc) is 2.73. The molecule has 0 spiro atoms. The molecule has 0 aromatic heterocycles. The SMILES string of the molecule is CCCCCCCCCCCCCCCCCCC(C)OC([NH3+])(OC)C(C)OCC.[Cl-]. The van der Waals surface area contributed by atoms with Crippen molar-refractivity contribution in [1.82, 2.24) is 0 Å². The summed E-state index contributed by atoms with van der Waals surface area (Å²) >= 11 is 0. The number of rotatable bonds is 23. The third-order valence-corrected chi connectivity index (χ3v) is 6.25.